The fourth-order valence-corrected chi connectivity index (χ4v) is 1.79. The van der Waals surface area contributed by atoms with Crippen molar-refractivity contribution in [3.63, 3.8) is 0 Å². The predicted molar refractivity (Wildman–Crippen MR) is 83.4 cm³/mol. The molecule has 1 aromatic rings. The molecule has 1 rings (SSSR count). The van der Waals surface area contributed by atoms with Crippen LogP contribution in [0.2, 0.25) is 5.02 Å². The van der Waals surface area contributed by atoms with Gasteiger partial charge in [-0.1, -0.05) is 23.7 Å². The van der Waals surface area contributed by atoms with Gasteiger partial charge in [0, 0.05) is 26.2 Å². The van der Waals surface area contributed by atoms with Crippen LogP contribution in [0.15, 0.2) is 29.3 Å². The van der Waals surface area contributed by atoms with Gasteiger partial charge in [-0.3, -0.25) is 9.79 Å². The second-order valence-corrected chi connectivity index (χ2v) is 4.94. The summed E-state index contributed by atoms with van der Waals surface area (Å²) in [5.41, 5.74) is 0.485. The van der Waals surface area contributed by atoms with E-state index in [4.69, 9.17) is 11.6 Å². The Morgan fingerprint density at radius 3 is 2.50 bits per heavy atom. The maximum atomic E-state index is 11.9. The minimum Gasteiger partial charge on any atom is -0.355 e. The SMILES string of the molecule is CN=C(NCCNC(=O)c1ccccc1Cl)NC(C)C. The van der Waals surface area contributed by atoms with Crippen LogP contribution in [-0.2, 0) is 0 Å². The van der Waals surface area contributed by atoms with Gasteiger partial charge in [0.2, 0.25) is 0 Å². The molecule has 0 bridgehead atoms. The van der Waals surface area contributed by atoms with Crippen molar-refractivity contribution in [1.29, 1.82) is 0 Å². The van der Waals surface area contributed by atoms with Gasteiger partial charge >= 0.3 is 0 Å². The van der Waals surface area contributed by atoms with Crippen LogP contribution in [0.25, 0.3) is 0 Å². The third-order valence-corrected chi connectivity index (χ3v) is 2.80. The molecule has 0 aliphatic heterocycles. The van der Waals surface area contributed by atoms with Gasteiger partial charge in [0.1, 0.15) is 0 Å². The van der Waals surface area contributed by atoms with E-state index in [9.17, 15) is 4.79 Å². The highest BCUT2D eigenvalue weighted by atomic mass is 35.5. The lowest BCUT2D eigenvalue weighted by molar-refractivity contribution is 0.0954. The number of carbonyl (C=O) groups is 1. The van der Waals surface area contributed by atoms with Crippen LogP contribution >= 0.6 is 11.6 Å². The average molecular weight is 297 g/mol. The Bertz CT molecular complexity index is 474. The zero-order valence-electron chi connectivity index (χ0n) is 12.0. The smallest absolute Gasteiger partial charge is 0.252 e. The van der Waals surface area contributed by atoms with Crippen molar-refractivity contribution >= 4 is 23.5 Å². The molecule has 0 radical (unpaired) electrons. The molecule has 6 heteroatoms. The zero-order chi connectivity index (χ0) is 15.0. The molecule has 3 N–H and O–H groups in total. The summed E-state index contributed by atoms with van der Waals surface area (Å²) in [5.74, 6) is 0.538. The van der Waals surface area contributed by atoms with Gasteiger partial charge in [-0.25, -0.2) is 0 Å². The van der Waals surface area contributed by atoms with E-state index >= 15 is 0 Å². The predicted octanol–water partition coefficient (Wildman–Crippen LogP) is 1.64. The van der Waals surface area contributed by atoms with E-state index in [1.807, 2.05) is 13.8 Å². The van der Waals surface area contributed by atoms with E-state index in [1.165, 1.54) is 0 Å². The third kappa shape index (κ3) is 5.48. The van der Waals surface area contributed by atoms with E-state index in [0.29, 0.717) is 35.7 Å². The van der Waals surface area contributed by atoms with Crippen molar-refractivity contribution in [2.45, 2.75) is 19.9 Å². The lowest BCUT2D eigenvalue weighted by atomic mass is 10.2. The first kappa shape index (κ1) is 16.3. The van der Waals surface area contributed by atoms with E-state index in [1.54, 1.807) is 31.3 Å². The first-order chi connectivity index (χ1) is 9.54. The average Bonchev–Trinajstić information content (AvgIpc) is 2.42. The van der Waals surface area contributed by atoms with E-state index in [2.05, 4.69) is 20.9 Å². The molecule has 20 heavy (non-hydrogen) atoms. The molecule has 5 nitrogen and oxygen atoms in total. The largest absolute Gasteiger partial charge is 0.355 e. The summed E-state index contributed by atoms with van der Waals surface area (Å²) in [5, 5.41) is 9.53. The molecular weight excluding hydrogens is 276 g/mol. The summed E-state index contributed by atoms with van der Waals surface area (Å²) < 4.78 is 0. The van der Waals surface area contributed by atoms with Gasteiger partial charge < -0.3 is 16.0 Å². The second kappa shape index (κ2) is 8.43. The number of carbonyl (C=O) groups excluding carboxylic acids is 1. The Kier molecular flexibility index (Phi) is 6.87. The number of nitrogens with zero attached hydrogens (tertiary/aromatic N) is 1. The van der Waals surface area contributed by atoms with Crippen molar-refractivity contribution < 1.29 is 4.79 Å². The number of halogens is 1. The van der Waals surface area contributed by atoms with E-state index < -0.39 is 0 Å². The van der Waals surface area contributed by atoms with Crippen LogP contribution < -0.4 is 16.0 Å². The van der Waals surface area contributed by atoms with Crippen molar-refractivity contribution in [2.75, 3.05) is 20.1 Å². The van der Waals surface area contributed by atoms with Crippen LogP contribution in [0, 0.1) is 0 Å². The van der Waals surface area contributed by atoms with Gasteiger partial charge in [0.15, 0.2) is 5.96 Å². The highest BCUT2D eigenvalue weighted by Gasteiger charge is 2.08. The molecule has 0 heterocycles. The van der Waals surface area contributed by atoms with Gasteiger partial charge in [0.05, 0.1) is 10.6 Å². The summed E-state index contributed by atoms with van der Waals surface area (Å²) >= 11 is 5.96. The Morgan fingerprint density at radius 2 is 1.90 bits per heavy atom. The molecule has 0 aromatic heterocycles. The lowest BCUT2D eigenvalue weighted by Gasteiger charge is -2.14. The molecule has 0 spiro atoms. The summed E-state index contributed by atoms with van der Waals surface area (Å²) in [6, 6.07) is 7.28. The number of hydrogen-bond donors (Lipinski definition) is 3. The van der Waals surface area contributed by atoms with Gasteiger partial charge in [-0.15, -0.1) is 0 Å². The Labute approximate surface area is 124 Å². The summed E-state index contributed by atoms with van der Waals surface area (Å²) in [6.45, 7) is 5.14. The number of nitrogens with one attached hydrogen (secondary N) is 3. The van der Waals surface area contributed by atoms with Crippen LogP contribution in [0.1, 0.15) is 24.2 Å². The highest BCUT2D eigenvalue weighted by molar-refractivity contribution is 6.33. The number of hydrogen-bond acceptors (Lipinski definition) is 2. The number of rotatable bonds is 5. The fourth-order valence-electron chi connectivity index (χ4n) is 1.57. The fraction of sp³-hybridized carbons (Fsp3) is 0.429. The van der Waals surface area contributed by atoms with Crippen LogP contribution in [0.4, 0.5) is 0 Å². The van der Waals surface area contributed by atoms with Crippen LogP contribution in [0.5, 0.6) is 0 Å². The Morgan fingerprint density at radius 1 is 1.25 bits per heavy atom. The van der Waals surface area contributed by atoms with Crippen LogP contribution in [-0.4, -0.2) is 38.0 Å². The standard InChI is InChI=1S/C14H21ClN4O/c1-10(2)19-14(16-3)18-9-8-17-13(20)11-6-4-5-7-12(11)15/h4-7,10H,8-9H2,1-3H3,(H,17,20)(H2,16,18,19). The summed E-state index contributed by atoms with van der Waals surface area (Å²) in [6.07, 6.45) is 0. The Hall–Kier alpha value is -1.75. The number of aliphatic imine (C=N–C) groups is 1. The number of amides is 1. The normalized spacial score (nSPS) is 11.3. The molecule has 0 saturated heterocycles. The first-order valence-electron chi connectivity index (χ1n) is 6.54. The third-order valence-electron chi connectivity index (χ3n) is 2.47. The zero-order valence-corrected chi connectivity index (χ0v) is 12.8. The van der Waals surface area contributed by atoms with E-state index in [-0.39, 0.29) is 5.91 Å². The molecule has 110 valence electrons. The second-order valence-electron chi connectivity index (χ2n) is 4.53. The molecule has 0 atom stereocenters. The molecule has 0 aliphatic carbocycles. The molecule has 0 saturated carbocycles. The monoisotopic (exact) mass is 296 g/mol. The number of guanidine groups is 1. The summed E-state index contributed by atoms with van der Waals surface area (Å²) in [7, 11) is 1.71. The highest BCUT2D eigenvalue weighted by Crippen LogP contribution is 2.14. The molecule has 0 unspecified atom stereocenters. The van der Waals surface area contributed by atoms with Gasteiger partial charge in [0.25, 0.3) is 5.91 Å². The maximum Gasteiger partial charge on any atom is 0.252 e. The molecule has 0 fully saturated rings. The molecule has 1 amide bonds. The molecule has 1 aromatic carbocycles. The van der Waals surface area contributed by atoms with Gasteiger partial charge in [-0.2, -0.15) is 0 Å². The summed E-state index contributed by atoms with van der Waals surface area (Å²) in [4.78, 5) is 16.0. The van der Waals surface area contributed by atoms with Gasteiger partial charge in [-0.05, 0) is 26.0 Å². The molecular formula is C14H21ClN4O. The van der Waals surface area contributed by atoms with Crippen molar-refractivity contribution in [1.82, 2.24) is 16.0 Å². The Balaban J connectivity index is 2.34. The maximum absolute atomic E-state index is 11.9. The topological polar surface area (TPSA) is 65.5 Å². The van der Waals surface area contributed by atoms with E-state index in [0.717, 1.165) is 0 Å². The number of benzene rings is 1. The van der Waals surface area contributed by atoms with Crippen molar-refractivity contribution in [3.05, 3.63) is 34.9 Å². The minimum absolute atomic E-state index is 0.177. The minimum atomic E-state index is -0.177. The lowest BCUT2D eigenvalue weighted by Crippen LogP contribution is -2.44. The quantitative estimate of drug-likeness (QED) is 0.440. The van der Waals surface area contributed by atoms with Crippen molar-refractivity contribution in [3.8, 4) is 0 Å². The first-order valence-corrected chi connectivity index (χ1v) is 6.92. The van der Waals surface area contributed by atoms with Crippen LogP contribution in [0.3, 0.4) is 0 Å². The van der Waals surface area contributed by atoms with Crippen molar-refractivity contribution in [2.24, 2.45) is 4.99 Å². The molecule has 0 aliphatic rings.